The number of hydrogen-bond acceptors (Lipinski definition) is 3. The number of amides is 1. The van der Waals surface area contributed by atoms with E-state index in [4.69, 9.17) is 0 Å². The summed E-state index contributed by atoms with van der Waals surface area (Å²) in [4.78, 5) is 27.3. The summed E-state index contributed by atoms with van der Waals surface area (Å²) in [5, 5.41) is 0. The molecule has 3 rings (SSSR count). The van der Waals surface area contributed by atoms with Crippen LogP contribution in [0.25, 0.3) is 0 Å². The van der Waals surface area contributed by atoms with E-state index >= 15 is 0 Å². The lowest BCUT2D eigenvalue weighted by Gasteiger charge is -2.40. The number of hydrogen-bond donors (Lipinski definition) is 0. The third kappa shape index (κ3) is 1.32. The zero-order valence-electron chi connectivity index (χ0n) is 9.74. The summed E-state index contributed by atoms with van der Waals surface area (Å²) in [6.45, 7) is 1.57. The van der Waals surface area contributed by atoms with Gasteiger partial charge in [0.25, 0.3) is 0 Å². The topological polar surface area (TPSA) is 40.6 Å². The molecule has 1 unspecified atom stereocenters. The number of likely N-dealkylation sites (N-methyl/N-ethyl adjacent to an activating group) is 1. The zero-order valence-corrected chi connectivity index (χ0v) is 9.74. The Bertz CT molecular complexity index is 343. The monoisotopic (exact) mass is 222 g/mol. The van der Waals surface area contributed by atoms with Crippen LogP contribution in [0.4, 0.5) is 0 Å². The van der Waals surface area contributed by atoms with Gasteiger partial charge in [0.1, 0.15) is 5.78 Å². The Morgan fingerprint density at radius 3 is 2.62 bits per heavy atom. The molecule has 1 spiro atoms. The summed E-state index contributed by atoms with van der Waals surface area (Å²) in [6.07, 6.45) is 4.41. The first-order valence-corrected chi connectivity index (χ1v) is 6.13. The lowest BCUT2D eigenvalue weighted by atomic mass is 9.79. The predicted octanol–water partition coefficient (Wildman–Crippen LogP) is 0.415. The van der Waals surface area contributed by atoms with Crippen LogP contribution in [-0.4, -0.2) is 53.2 Å². The number of piperazine rings is 1. The van der Waals surface area contributed by atoms with Gasteiger partial charge in [-0.1, -0.05) is 0 Å². The van der Waals surface area contributed by atoms with E-state index in [1.54, 1.807) is 0 Å². The molecule has 3 fully saturated rings. The summed E-state index contributed by atoms with van der Waals surface area (Å²) in [5.41, 5.74) is 0.166. The number of fused-ring (bicyclic) bond motifs is 3. The molecule has 0 radical (unpaired) electrons. The van der Waals surface area contributed by atoms with E-state index in [0.29, 0.717) is 31.2 Å². The molecule has 0 N–H and O–H groups in total. The van der Waals surface area contributed by atoms with E-state index in [-0.39, 0.29) is 11.4 Å². The molecule has 3 aliphatic rings. The largest absolute Gasteiger partial charge is 0.340 e. The minimum absolute atomic E-state index is 0.166. The minimum atomic E-state index is 0.166. The van der Waals surface area contributed by atoms with Crippen LogP contribution in [0.1, 0.15) is 32.1 Å². The molecule has 88 valence electrons. The first kappa shape index (κ1) is 10.3. The van der Waals surface area contributed by atoms with Crippen molar-refractivity contribution in [2.45, 2.75) is 43.7 Å². The fourth-order valence-electron chi connectivity index (χ4n) is 3.56. The van der Waals surface area contributed by atoms with Crippen LogP contribution < -0.4 is 0 Å². The molecule has 2 atom stereocenters. The molecule has 2 aliphatic heterocycles. The van der Waals surface area contributed by atoms with Gasteiger partial charge >= 0.3 is 0 Å². The Labute approximate surface area is 95.6 Å². The van der Waals surface area contributed by atoms with Crippen molar-refractivity contribution >= 4 is 11.7 Å². The fourth-order valence-corrected chi connectivity index (χ4v) is 3.56. The zero-order chi connectivity index (χ0) is 11.3. The Hall–Kier alpha value is -0.900. The number of nitrogens with zero attached hydrogens (tertiary/aromatic N) is 2. The van der Waals surface area contributed by atoms with Gasteiger partial charge in [0.2, 0.25) is 5.91 Å². The van der Waals surface area contributed by atoms with E-state index in [1.165, 1.54) is 0 Å². The highest BCUT2D eigenvalue weighted by molar-refractivity contribution is 5.81. The van der Waals surface area contributed by atoms with E-state index in [9.17, 15) is 9.59 Å². The minimum Gasteiger partial charge on any atom is -0.340 e. The van der Waals surface area contributed by atoms with Crippen molar-refractivity contribution in [2.24, 2.45) is 0 Å². The molecule has 0 aromatic heterocycles. The predicted molar refractivity (Wildman–Crippen MR) is 59.0 cm³/mol. The van der Waals surface area contributed by atoms with Crippen LogP contribution in [0.5, 0.6) is 0 Å². The molecular weight excluding hydrogens is 204 g/mol. The summed E-state index contributed by atoms with van der Waals surface area (Å²) in [6, 6.07) is 0.384. The summed E-state index contributed by atoms with van der Waals surface area (Å²) >= 11 is 0. The molecule has 1 amide bonds. The van der Waals surface area contributed by atoms with Gasteiger partial charge in [-0.05, 0) is 19.3 Å². The van der Waals surface area contributed by atoms with Crippen molar-refractivity contribution in [1.82, 2.24) is 9.80 Å². The number of carbonyl (C=O) groups excluding carboxylic acids is 2. The SMILES string of the molecule is CN1C(=O)CN2C[C@@H]1CC21CCC(=O)CC1. The van der Waals surface area contributed by atoms with Gasteiger partial charge in [-0.3, -0.25) is 14.5 Å². The van der Waals surface area contributed by atoms with Gasteiger partial charge in [0.05, 0.1) is 6.54 Å². The Morgan fingerprint density at radius 1 is 1.25 bits per heavy atom. The Morgan fingerprint density at radius 2 is 1.94 bits per heavy atom. The van der Waals surface area contributed by atoms with Crippen LogP contribution in [-0.2, 0) is 9.59 Å². The highest BCUT2D eigenvalue weighted by Crippen LogP contribution is 2.43. The Balaban J connectivity index is 1.84. The molecule has 1 aliphatic carbocycles. The number of rotatable bonds is 0. The average molecular weight is 222 g/mol. The van der Waals surface area contributed by atoms with Crippen LogP contribution >= 0.6 is 0 Å². The van der Waals surface area contributed by atoms with Gasteiger partial charge in [-0.2, -0.15) is 0 Å². The maximum atomic E-state index is 11.8. The van der Waals surface area contributed by atoms with E-state index < -0.39 is 0 Å². The summed E-state index contributed by atoms with van der Waals surface area (Å²) in [5.74, 6) is 0.637. The molecule has 16 heavy (non-hydrogen) atoms. The maximum absolute atomic E-state index is 11.8. The molecule has 4 heteroatoms. The second-order valence-electron chi connectivity index (χ2n) is 5.51. The van der Waals surface area contributed by atoms with Crippen molar-refractivity contribution in [2.75, 3.05) is 20.1 Å². The molecule has 0 aromatic rings. The van der Waals surface area contributed by atoms with E-state index in [0.717, 1.165) is 25.8 Å². The van der Waals surface area contributed by atoms with Crippen LogP contribution in [0.3, 0.4) is 0 Å². The van der Waals surface area contributed by atoms with E-state index in [2.05, 4.69) is 4.90 Å². The van der Waals surface area contributed by atoms with Crippen LogP contribution in [0.15, 0.2) is 0 Å². The van der Waals surface area contributed by atoms with Gasteiger partial charge in [-0.15, -0.1) is 0 Å². The lowest BCUT2D eigenvalue weighted by molar-refractivity contribution is -0.136. The van der Waals surface area contributed by atoms with Crippen molar-refractivity contribution in [3.8, 4) is 0 Å². The number of ketones is 1. The molecule has 2 saturated heterocycles. The third-order valence-electron chi connectivity index (χ3n) is 4.72. The van der Waals surface area contributed by atoms with Crippen molar-refractivity contribution in [1.29, 1.82) is 0 Å². The van der Waals surface area contributed by atoms with Crippen molar-refractivity contribution in [3.63, 3.8) is 0 Å². The molecule has 2 bridgehead atoms. The van der Waals surface area contributed by atoms with Crippen molar-refractivity contribution < 1.29 is 9.59 Å². The molecule has 1 saturated carbocycles. The van der Waals surface area contributed by atoms with Crippen molar-refractivity contribution in [3.05, 3.63) is 0 Å². The van der Waals surface area contributed by atoms with Gasteiger partial charge in [0, 0.05) is 38.0 Å². The van der Waals surface area contributed by atoms with Crippen LogP contribution in [0.2, 0.25) is 0 Å². The summed E-state index contributed by atoms with van der Waals surface area (Å²) < 4.78 is 0. The number of carbonyl (C=O) groups is 2. The second kappa shape index (κ2) is 3.29. The van der Waals surface area contributed by atoms with Gasteiger partial charge < -0.3 is 4.90 Å². The normalized spacial score (nSPS) is 37.2. The van der Waals surface area contributed by atoms with E-state index in [1.807, 2.05) is 11.9 Å². The Kier molecular flexibility index (Phi) is 2.11. The maximum Gasteiger partial charge on any atom is 0.236 e. The first-order valence-electron chi connectivity index (χ1n) is 6.13. The lowest BCUT2D eigenvalue weighted by Crippen LogP contribution is -2.53. The molecule has 4 nitrogen and oxygen atoms in total. The highest BCUT2D eigenvalue weighted by atomic mass is 16.2. The average Bonchev–Trinajstić information content (AvgIpc) is 2.56. The van der Waals surface area contributed by atoms with Crippen LogP contribution in [0, 0.1) is 0 Å². The fraction of sp³-hybridized carbons (Fsp3) is 0.833. The highest BCUT2D eigenvalue weighted by Gasteiger charge is 2.51. The molecular formula is C12H18N2O2. The summed E-state index contributed by atoms with van der Waals surface area (Å²) in [7, 11) is 1.91. The standard InChI is InChI=1S/C12H18N2O2/c1-13-9-6-12(4-2-10(15)3-5-12)14(7-9)8-11(13)16/h9H,2-8H2,1H3/t9-/m0/s1. The second-order valence-corrected chi connectivity index (χ2v) is 5.51. The smallest absolute Gasteiger partial charge is 0.236 e. The van der Waals surface area contributed by atoms with Gasteiger partial charge in [-0.25, -0.2) is 0 Å². The van der Waals surface area contributed by atoms with Gasteiger partial charge in [0.15, 0.2) is 0 Å². The quantitative estimate of drug-likeness (QED) is 0.596. The molecule has 0 aromatic carbocycles. The number of Topliss-reactive ketones (excluding diaryl/α,β-unsaturated/α-hetero) is 1. The third-order valence-corrected chi connectivity index (χ3v) is 4.72. The molecule has 2 heterocycles. The first-order chi connectivity index (χ1) is 7.61.